The summed E-state index contributed by atoms with van der Waals surface area (Å²) in [5, 5.41) is 3.66. The Balaban J connectivity index is 1.86. The Morgan fingerprint density at radius 1 is 1.33 bits per heavy atom. The van der Waals surface area contributed by atoms with Crippen molar-refractivity contribution in [2.45, 2.75) is 51.7 Å². The van der Waals surface area contributed by atoms with E-state index in [9.17, 15) is 0 Å². The van der Waals surface area contributed by atoms with E-state index in [2.05, 4.69) is 48.0 Å². The third-order valence-corrected chi connectivity index (χ3v) is 4.18. The summed E-state index contributed by atoms with van der Waals surface area (Å²) >= 11 is 0. The molecule has 0 aliphatic heterocycles. The predicted octanol–water partition coefficient (Wildman–Crippen LogP) is 3.09. The molecule has 3 heteroatoms. The van der Waals surface area contributed by atoms with Gasteiger partial charge in [0.1, 0.15) is 5.82 Å². The van der Waals surface area contributed by atoms with Gasteiger partial charge < -0.3 is 9.88 Å². The molecule has 18 heavy (non-hydrogen) atoms. The van der Waals surface area contributed by atoms with E-state index in [1.165, 1.54) is 24.8 Å². The minimum absolute atomic E-state index is 0.344. The van der Waals surface area contributed by atoms with Crippen LogP contribution in [-0.2, 0) is 13.1 Å². The zero-order valence-corrected chi connectivity index (χ0v) is 11.2. The molecule has 1 aromatic carbocycles. The first kappa shape index (κ1) is 11.7. The van der Waals surface area contributed by atoms with E-state index in [0.717, 1.165) is 24.4 Å². The lowest BCUT2D eigenvalue weighted by molar-refractivity contribution is 0.204. The van der Waals surface area contributed by atoms with Crippen molar-refractivity contribution in [1.29, 1.82) is 0 Å². The van der Waals surface area contributed by atoms with Gasteiger partial charge in [0.25, 0.3) is 0 Å². The van der Waals surface area contributed by atoms with Crippen LogP contribution in [0.15, 0.2) is 24.3 Å². The number of nitrogens with one attached hydrogen (secondary N) is 1. The number of nitrogens with zero attached hydrogens (tertiary/aromatic N) is 2. The first-order valence-electron chi connectivity index (χ1n) is 6.91. The Bertz CT molecular complexity index is 552. The Morgan fingerprint density at radius 2 is 2.11 bits per heavy atom. The van der Waals surface area contributed by atoms with E-state index in [-0.39, 0.29) is 0 Å². The maximum absolute atomic E-state index is 4.75. The predicted molar refractivity (Wildman–Crippen MR) is 74.5 cm³/mol. The molecule has 1 heterocycles. The van der Waals surface area contributed by atoms with Crippen LogP contribution in [0.25, 0.3) is 11.0 Å². The topological polar surface area (TPSA) is 29.9 Å². The van der Waals surface area contributed by atoms with Crippen LogP contribution in [0.1, 0.15) is 38.9 Å². The standard InChI is InChI=1S/C15H21N3/c1-3-18-13-8-5-4-7-12(13)17-14(18)11-16-15(2)9-6-10-15/h4-5,7-8,16H,3,6,9-11H2,1-2H3. The van der Waals surface area contributed by atoms with Crippen molar-refractivity contribution in [2.75, 3.05) is 0 Å². The fourth-order valence-corrected chi connectivity index (χ4v) is 2.79. The van der Waals surface area contributed by atoms with Gasteiger partial charge in [-0.25, -0.2) is 4.98 Å². The smallest absolute Gasteiger partial charge is 0.123 e. The fraction of sp³-hybridized carbons (Fsp3) is 0.533. The molecule has 0 radical (unpaired) electrons. The van der Waals surface area contributed by atoms with Gasteiger partial charge in [-0.3, -0.25) is 0 Å². The van der Waals surface area contributed by atoms with E-state index in [0.29, 0.717) is 5.54 Å². The SMILES string of the molecule is CCn1c(CNC2(C)CCC2)nc2ccccc21. The quantitative estimate of drug-likeness (QED) is 0.894. The second-order valence-electron chi connectivity index (χ2n) is 5.53. The third kappa shape index (κ3) is 1.93. The van der Waals surface area contributed by atoms with Crippen molar-refractivity contribution in [3.05, 3.63) is 30.1 Å². The number of rotatable bonds is 4. The van der Waals surface area contributed by atoms with Gasteiger partial charge >= 0.3 is 0 Å². The number of imidazole rings is 1. The minimum Gasteiger partial charge on any atom is -0.327 e. The van der Waals surface area contributed by atoms with Crippen molar-refractivity contribution < 1.29 is 0 Å². The molecular weight excluding hydrogens is 222 g/mol. The monoisotopic (exact) mass is 243 g/mol. The maximum atomic E-state index is 4.75. The Labute approximate surface area is 108 Å². The Kier molecular flexibility index (Phi) is 2.86. The van der Waals surface area contributed by atoms with E-state index < -0.39 is 0 Å². The van der Waals surface area contributed by atoms with Crippen LogP contribution in [0, 0.1) is 0 Å². The van der Waals surface area contributed by atoms with Crippen LogP contribution in [0.3, 0.4) is 0 Å². The highest BCUT2D eigenvalue weighted by Gasteiger charge is 2.31. The largest absolute Gasteiger partial charge is 0.327 e. The molecular formula is C15H21N3. The molecule has 3 rings (SSSR count). The molecule has 0 unspecified atom stereocenters. The summed E-state index contributed by atoms with van der Waals surface area (Å²) in [5.41, 5.74) is 2.70. The van der Waals surface area contributed by atoms with Crippen molar-refractivity contribution >= 4 is 11.0 Å². The van der Waals surface area contributed by atoms with E-state index in [1.807, 2.05) is 0 Å². The van der Waals surface area contributed by atoms with Gasteiger partial charge in [-0.05, 0) is 45.2 Å². The molecule has 1 N–H and O–H groups in total. The van der Waals surface area contributed by atoms with Crippen LogP contribution < -0.4 is 5.32 Å². The molecule has 96 valence electrons. The molecule has 1 aliphatic rings. The lowest BCUT2D eigenvalue weighted by Crippen LogP contribution is -2.47. The highest BCUT2D eigenvalue weighted by Crippen LogP contribution is 2.31. The number of fused-ring (bicyclic) bond motifs is 1. The number of benzene rings is 1. The van der Waals surface area contributed by atoms with Gasteiger partial charge in [0.15, 0.2) is 0 Å². The Morgan fingerprint density at radius 3 is 2.78 bits per heavy atom. The molecule has 1 saturated carbocycles. The molecule has 0 atom stereocenters. The van der Waals surface area contributed by atoms with Crippen molar-refractivity contribution in [2.24, 2.45) is 0 Å². The molecule has 3 nitrogen and oxygen atoms in total. The number of hydrogen-bond acceptors (Lipinski definition) is 2. The number of aromatic nitrogens is 2. The summed E-state index contributed by atoms with van der Waals surface area (Å²) in [5.74, 6) is 1.16. The van der Waals surface area contributed by atoms with Crippen LogP contribution in [0.5, 0.6) is 0 Å². The normalized spacial score (nSPS) is 17.9. The van der Waals surface area contributed by atoms with Crippen LogP contribution >= 0.6 is 0 Å². The zero-order valence-electron chi connectivity index (χ0n) is 11.2. The van der Waals surface area contributed by atoms with Gasteiger partial charge in [-0.15, -0.1) is 0 Å². The molecule has 1 fully saturated rings. The highest BCUT2D eigenvalue weighted by molar-refractivity contribution is 5.75. The number of aryl methyl sites for hydroxylation is 1. The van der Waals surface area contributed by atoms with E-state index in [1.54, 1.807) is 0 Å². The van der Waals surface area contributed by atoms with Crippen molar-refractivity contribution in [1.82, 2.24) is 14.9 Å². The van der Waals surface area contributed by atoms with Crippen LogP contribution in [0.2, 0.25) is 0 Å². The summed E-state index contributed by atoms with van der Waals surface area (Å²) in [6.07, 6.45) is 3.94. The summed E-state index contributed by atoms with van der Waals surface area (Å²) < 4.78 is 2.31. The Hall–Kier alpha value is -1.35. The molecule has 0 saturated heterocycles. The molecule has 0 spiro atoms. The summed E-state index contributed by atoms with van der Waals surface area (Å²) in [6, 6.07) is 8.39. The molecule has 2 aromatic rings. The average Bonchev–Trinajstić information content (AvgIpc) is 2.71. The second kappa shape index (κ2) is 4.39. The molecule has 0 amide bonds. The summed E-state index contributed by atoms with van der Waals surface area (Å²) in [7, 11) is 0. The zero-order chi connectivity index (χ0) is 12.6. The van der Waals surface area contributed by atoms with Gasteiger partial charge in [0, 0.05) is 12.1 Å². The average molecular weight is 243 g/mol. The highest BCUT2D eigenvalue weighted by atomic mass is 15.1. The van der Waals surface area contributed by atoms with Gasteiger partial charge in [-0.2, -0.15) is 0 Å². The lowest BCUT2D eigenvalue weighted by Gasteiger charge is -2.39. The minimum atomic E-state index is 0.344. The maximum Gasteiger partial charge on any atom is 0.123 e. The van der Waals surface area contributed by atoms with E-state index >= 15 is 0 Å². The fourth-order valence-electron chi connectivity index (χ4n) is 2.79. The van der Waals surface area contributed by atoms with Gasteiger partial charge in [0.05, 0.1) is 17.6 Å². The first-order valence-corrected chi connectivity index (χ1v) is 6.91. The van der Waals surface area contributed by atoms with Gasteiger partial charge in [-0.1, -0.05) is 12.1 Å². The van der Waals surface area contributed by atoms with E-state index in [4.69, 9.17) is 4.98 Å². The van der Waals surface area contributed by atoms with Crippen LogP contribution in [-0.4, -0.2) is 15.1 Å². The summed E-state index contributed by atoms with van der Waals surface area (Å²) in [4.78, 5) is 4.75. The summed E-state index contributed by atoms with van der Waals surface area (Å²) in [6.45, 7) is 6.35. The van der Waals surface area contributed by atoms with Crippen molar-refractivity contribution in [3.8, 4) is 0 Å². The molecule has 1 aromatic heterocycles. The second-order valence-corrected chi connectivity index (χ2v) is 5.53. The number of hydrogen-bond donors (Lipinski definition) is 1. The van der Waals surface area contributed by atoms with Crippen LogP contribution in [0.4, 0.5) is 0 Å². The lowest BCUT2D eigenvalue weighted by atomic mass is 9.78. The van der Waals surface area contributed by atoms with Crippen molar-refractivity contribution in [3.63, 3.8) is 0 Å². The first-order chi connectivity index (χ1) is 8.72. The number of para-hydroxylation sites is 2. The van der Waals surface area contributed by atoms with Gasteiger partial charge in [0.2, 0.25) is 0 Å². The third-order valence-electron chi connectivity index (χ3n) is 4.18. The molecule has 1 aliphatic carbocycles. The molecule has 0 bridgehead atoms.